The lowest BCUT2D eigenvalue weighted by Gasteiger charge is -2.16. The van der Waals surface area contributed by atoms with Gasteiger partial charge in [-0.3, -0.25) is 4.79 Å². The van der Waals surface area contributed by atoms with Gasteiger partial charge in [0.2, 0.25) is 0 Å². The van der Waals surface area contributed by atoms with Crippen molar-refractivity contribution in [3.05, 3.63) is 57.6 Å². The van der Waals surface area contributed by atoms with E-state index in [0.29, 0.717) is 28.3 Å². The van der Waals surface area contributed by atoms with E-state index in [1.165, 1.54) is 12.1 Å². The van der Waals surface area contributed by atoms with Gasteiger partial charge in [0.15, 0.2) is 0 Å². The second kappa shape index (κ2) is 8.99. The fourth-order valence-corrected chi connectivity index (χ4v) is 2.77. The smallest absolute Gasteiger partial charge is 0.310 e. The normalized spacial score (nSPS) is 10.9. The van der Waals surface area contributed by atoms with Crippen molar-refractivity contribution in [1.29, 1.82) is 0 Å². The van der Waals surface area contributed by atoms with E-state index in [1.54, 1.807) is 19.1 Å². The quantitative estimate of drug-likeness (QED) is 0.432. The average molecular weight is 383 g/mol. The van der Waals surface area contributed by atoms with Crippen molar-refractivity contribution < 1.29 is 23.0 Å². The molecule has 0 bridgehead atoms. The number of alkyl halides is 2. The predicted octanol–water partition coefficient (Wildman–Crippen LogP) is 6.04. The summed E-state index contributed by atoms with van der Waals surface area (Å²) >= 11 is 6.14. The molecule has 0 aromatic heterocycles. The van der Waals surface area contributed by atoms with Crippen molar-refractivity contribution in [3.63, 3.8) is 0 Å². The van der Waals surface area contributed by atoms with Crippen LogP contribution in [-0.2, 0) is 17.8 Å². The van der Waals surface area contributed by atoms with Gasteiger partial charge in [0.05, 0.1) is 5.56 Å². The van der Waals surface area contributed by atoms with Crippen LogP contribution in [0.25, 0.3) is 0 Å². The number of carbonyl (C=O) groups excluding carboxylic acids is 1. The molecule has 0 aliphatic heterocycles. The van der Waals surface area contributed by atoms with Crippen molar-refractivity contribution in [3.8, 4) is 11.5 Å². The monoisotopic (exact) mass is 382 g/mol. The molecule has 0 fully saturated rings. The Kier molecular flexibility index (Phi) is 6.98. The minimum Gasteiger partial charge on any atom is -0.488 e. The maximum absolute atomic E-state index is 13.4. The van der Waals surface area contributed by atoms with Crippen LogP contribution < -0.4 is 9.47 Å². The SMILES string of the molecule is CCC(=O)Oc1cccc(C)c1COc1cc(Cl)c(CC)cc1C(F)F. The first kappa shape index (κ1) is 20.2. The Hall–Kier alpha value is -2.14. The molecule has 26 heavy (non-hydrogen) atoms. The van der Waals surface area contributed by atoms with Gasteiger partial charge >= 0.3 is 5.97 Å². The van der Waals surface area contributed by atoms with Crippen LogP contribution in [0.4, 0.5) is 8.78 Å². The van der Waals surface area contributed by atoms with Crippen LogP contribution in [-0.4, -0.2) is 5.97 Å². The number of ether oxygens (including phenoxy) is 2. The Morgan fingerprint density at radius 3 is 2.54 bits per heavy atom. The number of halogens is 3. The van der Waals surface area contributed by atoms with Crippen LogP contribution in [0.5, 0.6) is 11.5 Å². The van der Waals surface area contributed by atoms with E-state index < -0.39 is 6.43 Å². The molecule has 0 aliphatic carbocycles. The molecule has 0 N–H and O–H groups in total. The van der Waals surface area contributed by atoms with Crippen LogP contribution in [0.3, 0.4) is 0 Å². The largest absolute Gasteiger partial charge is 0.488 e. The summed E-state index contributed by atoms with van der Waals surface area (Å²) in [6, 6.07) is 8.04. The minimum absolute atomic E-state index is 0.0134. The van der Waals surface area contributed by atoms with Gasteiger partial charge in [-0.05, 0) is 42.7 Å². The lowest BCUT2D eigenvalue weighted by molar-refractivity contribution is -0.134. The molecule has 0 saturated heterocycles. The highest BCUT2D eigenvalue weighted by Gasteiger charge is 2.18. The van der Waals surface area contributed by atoms with Gasteiger partial charge in [-0.2, -0.15) is 0 Å². The second-order valence-electron chi connectivity index (χ2n) is 5.80. The molecule has 0 saturated carbocycles. The Labute approximate surface area is 156 Å². The molecule has 2 aromatic carbocycles. The van der Waals surface area contributed by atoms with Gasteiger partial charge in [-0.1, -0.05) is 37.6 Å². The Balaban J connectivity index is 2.32. The van der Waals surface area contributed by atoms with Crippen LogP contribution >= 0.6 is 11.6 Å². The summed E-state index contributed by atoms with van der Waals surface area (Å²) in [6.45, 7) is 5.36. The molecule has 0 spiro atoms. The fourth-order valence-electron chi connectivity index (χ4n) is 2.49. The van der Waals surface area contributed by atoms with E-state index in [0.717, 1.165) is 5.56 Å². The van der Waals surface area contributed by atoms with Crippen LogP contribution in [0.1, 0.15) is 48.9 Å². The van der Waals surface area contributed by atoms with E-state index in [1.807, 2.05) is 19.9 Å². The van der Waals surface area contributed by atoms with Crippen LogP contribution in [0.15, 0.2) is 30.3 Å². The molecule has 6 heteroatoms. The number of benzene rings is 2. The highest BCUT2D eigenvalue weighted by molar-refractivity contribution is 6.31. The zero-order valence-electron chi connectivity index (χ0n) is 14.9. The molecule has 0 heterocycles. The highest BCUT2D eigenvalue weighted by atomic mass is 35.5. The lowest BCUT2D eigenvalue weighted by Crippen LogP contribution is -2.10. The summed E-state index contributed by atoms with van der Waals surface area (Å²) in [7, 11) is 0. The van der Waals surface area contributed by atoms with Crippen molar-refractivity contribution in [2.75, 3.05) is 0 Å². The summed E-state index contributed by atoms with van der Waals surface area (Å²) in [5.74, 6) is 0.0189. The van der Waals surface area contributed by atoms with E-state index >= 15 is 0 Å². The van der Waals surface area contributed by atoms with Crippen molar-refractivity contribution in [2.24, 2.45) is 0 Å². The van der Waals surface area contributed by atoms with Crippen molar-refractivity contribution in [1.82, 2.24) is 0 Å². The third-order valence-electron chi connectivity index (χ3n) is 4.05. The number of hydrogen-bond donors (Lipinski definition) is 0. The van der Waals surface area contributed by atoms with Gasteiger partial charge in [0, 0.05) is 17.0 Å². The fraction of sp³-hybridized carbons (Fsp3) is 0.350. The van der Waals surface area contributed by atoms with Gasteiger partial charge in [0.1, 0.15) is 18.1 Å². The molecular formula is C20H21ClF2O3. The molecule has 2 rings (SSSR count). The molecule has 0 aliphatic rings. The third kappa shape index (κ3) is 4.73. The topological polar surface area (TPSA) is 35.5 Å². The molecule has 0 amide bonds. The summed E-state index contributed by atoms with van der Waals surface area (Å²) in [4.78, 5) is 11.6. The standard InChI is InChI=1S/C20H21ClF2O3/c1-4-13-9-14(20(22)23)18(10-16(13)21)25-11-15-12(3)7-6-8-17(15)26-19(24)5-2/h6-10,20H,4-5,11H2,1-3H3. The molecular weight excluding hydrogens is 362 g/mol. The molecule has 0 atom stereocenters. The van der Waals surface area contributed by atoms with Gasteiger partial charge in [-0.25, -0.2) is 8.78 Å². The van der Waals surface area contributed by atoms with E-state index in [2.05, 4.69) is 0 Å². The van der Waals surface area contributed by atoms with E-state index in [4.69, 9.17) is 21.1 Å². The number of rotatable bonds is 7. The number of carbonyl (C=O) groups is 1. The summed E-state index contributed by atoms with van der Waals surface area (Å²) in [5.41, 5.74) is 1.90. The lowest BCUT2D eigenvalue weighted by atomic mass is 10.1. The van der Waals surface area contributed by atoms with E-state index in [-0.39, 0.29) is 30.3 Å². The van der Waals surface area contributed by atoms with Crippen molar-refractivity contribution in [2.45, 2.75) is 46.6 Å². The molecule has 140 valence electrons. The Bertz CT molecular complexity index is 791. The number of aryl methyl sites for hydroxylation is 2. The number of esters is 1. The molecule has 3 nitrogen and oxygen atoms in total. The highest BCUT2D eigenvalue weighted by Crippen LogP contribution is 2.35. The first-order valence-electron chi connectivity index (χ1n) is 8.39. The summed E-state index contributed by atoms with van der Waals surface area (Å²) < 4.78 is 37.7. The third-order valence-corrected chi connectivity index (χ3v) is 4.40. The first-order chi connectivity index (χ1) is 12.4. The van der Waals surface area contributed by atoms with Crippen LogP contribution in [0.2, 0.25) is 5.02 Å². The van der Waals surface area contributed by atoms with Crippen molar-refractivity contribution >= 4 is 17.6 Å². The first-order valence-corrected chi connectivity index (χ1v) is 8.77. The van der Waals surface area contributed by atoms with E-state index in [9.17, 15) is 13.6 Å². The summed E-state index contributed by atoms with van der Waals surface area (Å²) in [5, 5.41) is 0.384. The molecule has 0 radical (unpaired) electrons. The maximum atomic E-state index is 13.4. The van der Waals surface area contributed by atoms with Gasteiger partial charge in [-0.15, -0.1) is 0 Å². The average Bonchev–Trinajstić information content (AvgIpc) is 2.60. The zero-order chi connectivity index (χ0) is 19.3. The van der Waals surface area contributed by atoms with Gasteiger partial charge in [0.25, 0.3) is 6.43 Å². The van der Waals surface area contributed by atoms with Crippen LogP contribution in [0, 0.1) is 6.92 Å². The minimum atomic E-state index is -2.68. The zero-order valence-corrected chi connectivity index (χ0v) is 15.7. The number of hydrogen-bond acceptors (Lipinski definition) is 3. The summed E-state index contributed by atoms with van der Waals surface area (Å²) in [6.07, 6.45) is -1.90. The van der Waals surface area contributed by atoms with Gasteiger partial charge < -0.3 is 9.47 Å². The Morgan fingerprint density at radius 1 is 1.19 bits per heavy atom. The predicted molar refractivity (Wildman–Crippen MR) is 97.2 cm³/mol. The molecule has 2 aromatic rings. The maximum Gasteiger partial charge on any atom is 0.310 e. The second-order valence-corrected chi connectivity index (χ2v) is 6.21. The molecule has 0 unspecified atom stereocenters. The Morgan fingerprint density at radius 2 is 1.92 bits per heavy atom.